The number of benzene rings is 2. The number of anilines is 1. The molecule has 9 nitrogen and oxygen atoms in total. The third-order valence-corrected chi connectivity index (χ3v) is 6.37. The smallest absolute Gasteiger partial charge is 0.270 e. The molecule has 33 heavy (non-hydrogen) atoms. The lowest BCUT2D eigenvalue weighted by atomic mass is 9.85. The number of nitrogens with zero attached hydrogens (tertiary/aromatic N) is 3. The topological polar surface area (TPSA) is 108 Å². The number of piperidine rings is 1. The summed E-state index contributed by atoms with van der Waals surface area (Å²) in [5.74, 6) is -0.752. The van der Waals surface area contributed by atoms with E-state index in [-0.39, 0.29) is 34.9 Å². The fourth-order valence-corrected chi connectivity index (χ4v) is 4.68. The van der Waals surface area contributed by atoms with Crippen LogP contribution in [-0.4, -0.2) is 59.5 Å². The van der Waals surface area contributed by atoms with Crippen LogP contribution in [0, 0.1) is 15.9 Å². The maximum atomic E-state index is 13.8. The first-order chi connectivity index (χ1) is 15.8. The minimum atomic E-state index is -0.709. The highest BCUT2D eigenvalue weighted by molar-refractivity contribution is 5.95. The van der Waals surface area contributed by atoms with Crippen LogP contribution in [0.25, 0.3) is 0 Å². The number of likely N-dealkylation sites (tertiary alicyclic amines) is 1. The maximum absolute atomic E-state index is 13.8. The highest BCUT2D eigenvalue weighted by Crippen LogP contribution is 2.36. The molecule has 0 saturated carbocycles. The van der Waals surface area contributed by atoms with Crippen molar-refractivity contribution in [3.63, 3.8) is 0 Å². The molecule has 2 aromatic carbocycles. The van der Waals surface area contributed by atoms with E-state index in [1.54, 1.807) is 12.1 Å². The lowest BCUT2D eigenvalue weighted by molar-refractivity contribution is -0.384. The van der Waals surface area contributed by atoms with Gasteiger partial charge in [0, 0.05) is 49.1 Å². The predicted octanol–water partition coefficient (Wildman–Crippen LogP) is 2.28. The van der Waals surface area contributed by atoms with Crippen molar-refractivity contribution in [1.82, 2.24) is 15.5 Å². The molecule has 0 aliphatic carbocycles. The standard InChI is InChI=1S/C23H26FN5O4/c1-16(26-21(30)17-4-2-7-20(12-17)29(32)33)14-27-10-8-23(9-11-27)22(31)25-15-28(23)19-6-3-5-18(24)13-19/h2-7,12-13,16H,8-11,14-15H2,1H3,(H,25,31)(H,26,30)/t16-/m0/s1. The van der Waals surface area contributed by atoms with Crippen LogP contribution in [0.1, 0.15) is 30.1 Å². The molecule has 2 heterocycles. The Hall–Kier alpha value is -3.53. The molecule has 2 aliphatic rings. The minimum absolute atomic E-state index is 0.0431. The fourth-order valence-electron chi connectivity index (χ4n) is 4.68. The number of halogens is 1. The number of carbonyl (C=O) groups excluding carboxylic acids is 2. The van der Waals surface area contributed by atoms with Gasteiger partial charge in [-0.05, 0) is 44.0 Å². The molecule has 1 spiro atoms. The zero-order valence-corrected chi connectivity index (χ0v) is 18.3. The van der Waals surface area contributed by atoms with Crippen molar-refractivity contribution in [3.05, 3.63) is 70.0 Å². The van der Waals surface area contributed by atoms with Gasteiger partial charge in [-0.1, -0.05) is 12.1 Å². The summed E-state index contributed by atoms with van der Waals surface area (Å²) in [7, 11) is 0. The van der Waals surface area contributed by atoms with Crippen molar-refractivity contribution in [3.8, 4) is 0 Å². The van der Waals surface area contributed by atoms with Crippen LogP contribution in [0.2, 0.25) is 0 Å². The van der Waals surface area contributed by atoms with Gasteiger partial charge in [-0.3, -0.25) is 19.7 Å². The number of carbonyl (C=O) groups is 2. The summed E-state index contributed by atoms with van der Waals surface area (Å²) < 4.78 is 13.8. The zero-order chi connectivity index (χ0) is 23.6. The molecule has 174 valence electrons. The molecule has 2 aliphatic heterocycles. The van der Waals surface area contributed by atoms with Crippen LogP contribution in [0.3, 0.4) is 0 Å². The van der Waals surface area contributed by atoms with Crippen molar-refractivity contribution in [2.24, 2.45) is 0 Å². The van der Waals surface area contributed by atoms with Crippen molar-refractivity contribution in [2.75, 3.05) is 31.2 Å². The van der Waals surface area contributed by atoms with Gasteiger partial charge in [0.2, 0.25) is 5.91 Å². The lowest BCUT2D eigenvalue weighted by Crippen LogP contribution is -2.57. The molecule has 4 rings (SSSR count). The molecule has 0 aromatic heterocycles. The molecule has 2 N–H and O–H groups in total. The van der Waals surface area contributed by atoms with Crippen LogP contribution in [-0.2, 0) is 4.79 Å². The number of non-ortho nitro benzene ring substituents is 1. The molecule has 2 amide bonds. The number of hydrogen-bond acceptors (Lipinski definition) is 6. The number of nitrogens with one attached hydrogen (secondary N) is 2. The molecule has 1 atom stereocenters. The van der Waals surface area contributed by atoms with Crippen molar-refractivity contribution < 1.29 is 18.9 Å². The second-order valence-corrected chi connectivity index (χ2v) is 8.59. The largest absolute Gasteiger partial charge is 0.348 e. The Morgan fingerprint density at radius 2 is 1.97 bits per heavy atom. The monoisotopic (exact) mass is 455 g/mol. The molecule has 2 fully saturated rings. The summed E-state index contributed by atoms with van der Waals surface area (Å²) in [5.41, 5.74) is 0.0791. The first kappa shape index (κ1) is 22.7. The Labute approximate surface area is 190 Å². The molecule has 10 heteroatoms. The quantitative estimate of drug-likeness (QED) is 0.511. The van der Waals surface area contributed by atoms with E-state index >= 15 is 0 Å². The Morgan fingerprint density at radius 3 is 2.67 bits per heavy atom. The van der Waals surface area contributed by atoms with E-state index in [2.05, 4.69) is 15.5 Å². The molecule has 0 unspecified atom stereocenters. The summed E-state index contributed by atoms with van der Waals surface area (Å²) in [6, 6.07) is 11.7. The zero-order valence-electron chi connectivity index (χ0n) is 18.3. The van der Waals surface area contributed by atoms with Crippen molar-refractivity contribution in [1.29, 1.82) is 0 Å². The van der Waals surface area contributed by atoms with Gasteiger partial charge in [-0.25, -0.2) is 4.39 Å². The highest BCUT2D eigenvalue weighted by Gasteiger charge is 2.50. The number of hydrogen-bond donors (Lipinski definition) is 2. The average Bonchev–Trinajstić information content (AvgIpc) is 3.11. The van der Waals surface area contributed by atoms with Gasteiger partial charge in [-0.2, -0.15) is 0 Å². The number of nitro benzene ring substituents is 1. The number of rotatable bonds is 6. The molecule has 2 aromatic rings. The summed E-state index contributed by atoms with van der Waals surface area (Å²) in [6.45, 7) is 4.10. The molecular weight excluding hydrogens is 429 g/mol. The van der Waals surface area contributed by atoms with Gasteiger partial charge in [0.05, 0.1) is 11.6 Å². The van der Waals surface area contributed by atoms with Gasteiger partial charge in [0.25, 0.3) is 11.6 Å². The molecule has 0 radical (unpaired) electrons. The predicted molar refractivity (Wildman–Crippen MR) is 120 cm³/mol. The van der Waals surface area contributed by atoms with Crippen LogP contribution in [0.4, 0.5) is 15.8 Å². The van der Waals surface area contributed by atoms with Gasteiger partial charge in [-0.15, -0.1) is 0 Å². The van der Waals surface area contributed by atoms with E-state index in [0.717, 1.165) is 0 Å². The summed E-state index contributed by atoms with van der Waals surface area (Å²) in [5, 5.41) is 16.7. The van der Waals surface area contributed by atoms with E-state index in [1.165, 1.54) is 30.3 Å². The van der Waals surface area contributed by atoms with Gasteiger partial charge >= 0.3 is 0 Å². The lowest BCUT2D eigenvalue weighted by Gasteiger charge is -2.43. The third kappa shape index (κ3) is 4.65. The van der Waals surface area contributed by atoms with E-state index in [9.17, 15) is 24.1 Å². The first-order valence-corrected chi connectivity index (χ1v) is 10.9. The third-order valence-electron chi connectivity index (χ3n) is 6.37. The Balaban J connectivity index is 1.36. The SMILES string of the molecule is C[C@@H](CN1CCC2(CC1)C(=O)NCN2c1cccc(F)c1)NC(=O)c1cccc([N+](=O)[O-])c1. The summed E-state index contributed by atoms with van der Waals surface area (Å²) in [6.07, 6.45) is 1.17. The van der Waals surface area contributed by atoms with Crippen molar-refractivity contribution in [2.45, 2.75) is 31.3 Å². The Kier molecular flexibility index (Phi) is 6.28. The Bertz CT molecular complexity index is 1070. The minimum Gasteiger partial charge on any atom is -0.348 e. The van der Waals surface area contributed by atoms with Crippen LogP contribution < -0.4 is 15.5 Å². The van der Waals surface area contributed by atoms with Crippen LogP contribution >= 0.6 is 0 Å². The maximum Gasteiger partial charge on any atom is 0.270 e. The molecule has 2 saturated heterocycles. The highest BCUT2D eigenvalue weighted by atomic mass is 19.1. The van der Waals surface area contributed by atoms with E-state index in [0.29, 0.717) is 44.8 Å². The van der Waals surface area contributed by atoms with Gasteiger partial charge in [0.15, 0.2) is 0 Å². The Morgan fingerprint density at radius 1 is 1.24 bits per heavy atom. The number of amides is 2. The van der Waals surface area contributed by atoms with Gasteiger partial charge in [0.1, 0.15) is 11.4 Å². The number of nitro groups is 1. The molecule has 0 bridgehead atoms. The van der Waals surface area contributed by atoms with E-state index < -0.39 is 10.5 Å². The normalized spacial score (nSPS) is 18.7. The second kappa shape index (κ2) is 9.14. The first-order valence-electron chi connectivity index (χ1n) is 10.9. The van der Waals surface area contributed by atoms with Crippen LogP contribution in [0.5, 0.6) is 0 Å². The van der Waals surface area contributed by atoms with Crippen molar-refractivity contribution >= 4 is 23.2 Å². The average molecular weight is 455 g/mol. The van der Waals surface area contributed by atoms with Crippen LogP contribution in [0.15, 0.2) is 48.5 Å². The summed E-state index contributed by atoms with van der Waals surface area (Å²) in [4.78, 5) is 39.8. The fraction of sp³-hybridized carbons (Fsp3) is 0.391. The molecular formula is C23H26FN5O4. The van der Waals surface area contributed by atoms with E-state index in [4.69, 9.17) is 0 Å². The van der Waals surface area contributed by atoms with E-state index in [1.807, 2.05) is 17.9 Å². The van der Waals surface area contributed by atoms with Gasteiger partial charge < -0.3 is 20.4 Å². The second-order valence-electron chi connectivity index (χ2n) is 8.59. The summed E-state index contributed by atoms with van der Waals surface area (Å²) >= 11 is 0.